The molecule has 0 aliphatic carbocycles. The van der Waals surface area contributed by atoms with Crippen molar-refractivity contribution in [2.24, 2.45) is 11.7 Å². The van der Waals surface area contributed by atoms with Crippen LogP contribution in [0.5, 0.6) is 0 Å². The van der Waals surface area contributed by atoms with E-state index in [1.165, 1.54) is 10.5 Å². The number of likely N-dealkylation sites (tertiary alicyclic amines) is 1. The maximum Gasteiger partial charge on any atom is 0.336 e. The molecule has 1 amide bonds. The molecule has 0 saturated carbocycles. The lowest BCUT2D eigenvalue weighted by Gasteiger charge is -2.27. The number of nitrogens with one attached hydrogen (secondary N) is 1. The Labute approximate surface area is 135 Å². The Morgan fingerprint density at radius 2 is 1.87 bits per heavy atom. The highest BCUT2D eigenvalue weighted by Crippen LogP contribution is 2.21. The summed E-state index contributed by atoms with van der Waals surface area (Å²) < 4.78 is 5.35. The van der Waals surface area contributed by atoms with Gasteiger partial charge in [0.25, 0.3) is 0 Å². The second-order valence-corrected chi connectivity index (χ2v) is 6.63. The standard InChI is InChI=1S/C18H22N2O3/c1-11-7-15-14(9-17(21)23-16(15)8-12(11)2)10-20-5-3-13(4-6-20)18(19)22/h7-9,13H,3-6,10H2,1-2H3,(H2,19,22)/p+1. The van der Waals surface area contributed by atoms with Crippen molar-refractivity contribution in [2.45, 2.75) is 33.2 Å². The number of primary amides is 1. The fourth-order valence-electron chi connectivity index (χ4n) is 3.39. The zero-order valence-corrected chi connectivity index (χ0v) is 13.6. The number of quaternary nitrogens is 1. The number of hydrogen-bond donors (Lipinski definition) is 2. The highest BCUT2D eigenvalue weighted by atomic mass is 16.4. The van der Waals surface area contributed by atoms with Crippen molar-refractivity contribution in [1.29, 1.82) is 0 Å². The van der Waals surface area contributed by atoms with E-state index in [1.54, 1.807) is 6.07 Å². The molecule has 5 heteroatoms. The molecule has 1 aromatic heterocycles. The second kappa shape index (κ2) is 6.16. The molecule has 3 N–H and O–H groups in total. The number of fused-ring (bicyclic) bond motifs is 1. The monoisotopic (exact) mass is 315 g/mol. The number of nitrogens with two attached hydrogens (primary N) is 1. The van der Waals surface area contributed by atoms with Crippen LogP contribution in [-0.2, 0) is 11.3 Å². The zero-order valence-electron chi connectivity index (χ0n) is 13.6. The van der Waals surface area contributed by atoms with E-state index in [4.69, 9.17) is 10.2 Å². The van der Waals surface area contributed by atoms with Crippen LogP contribution in [0.1, 0.15) is 29.5 Å². The molecule has 122 valence electrons. The van der Waals surface area contributed by atoms with Crippen molar-refractivity contribution in [3.63, 3.8) is 0 Å². The molecule has 1 aromatic carbocycles. The van der Waals surface area contributed by atoms with Crippen molar-refractivity contribution in [3.8, 4) is 0 Å². The van der Waals surface area contributed by atoms with E-state index < -0.39 is 0 Å². The van der Waals surface area contributed by atoms with E-state index in [0.717, 1.165) is 49.0 Å². The Kier molecular flexibility index (Phi) is 4.22. The first kappa shape index (κ1) is 15.7. The number of aryl methyl sites for hydroxylation is 2. The molecule has 1 aliphatic rings. The summed E-state index contributed by atoms with van der Waals surface area (Å²) in [6.45, 7) is 6.66. The molecule has 0 bridgehead atoms. The van der Waals surface area contributed by atoms with Crippen molar-refractivity contribution < 1.29 is 14.1 Å². The van der Waals surface area contributed by atoms with Crippen LogP contribution < -0.4 is 16.3 Å². The summed E-state index contributed by atoms with van der Waals surface area (Å²) in [6.07, 6.45) is 1.64. The molecule has 1 saturated heterocycles. The molecule has 0 spiro atoms. The van der Waals surface area contributed by atoms with Crippen molar-refractivity contribution in [1.82, 2.24) is 0 Å². The van der Waals surface area contributed by atoms with Gasteiger partial charge in [-0.2, -0.15) is 0 Å². The third-order valence-electron chi connectivity index (χ3n) is 4.98. The van der Waals surface area contributed by atoms with Gasteiger partial charge < -0.3 is 15.1 Å². The Morgan fingerprint density at radius 1 is 1.22 bits per heavy atom. The van der Waals surface area contributed by atoms with Gasteiger partial charge in [-0.25, -0.2) is 4.79 Å². The van der Waals surface area contributed by atoms with Gasteiger partial charge >= 0.3 is 5.63 Å². The van der Waals surface area contributed by atoms with Crippen LogP contribution in [0, 0.1) is 19.8 Å². The smallest absolute Gasteiger partial charge is 0.336 e. The van der Waals surface area contributed by atoms with E-state index >= 15 is 0 Å². The summed E-state index contributed by atoms with van der Waals surface area (Å²) in [6, 6.07) is 5.63. The SMILES string of the molecule is Cc1cc2oc(=O)cc(C[NH+]3CCC(C(N)=O)CC3)c2cc1C. The first-order chi connectivity index (χ1) is 10.9. The maximum atomic E-state index is 11.8. The van der Waals surface area contributed by atoms with Crippen LogP contribution in [0.4, 0.5) is 0 Å². The fourth-order valence-corrected chi connectivity index (χ4v) is 3.39. The molecule has 0 unspecified atom stereocenters. The van der Waals surface area contributed by atoms with Gasteiger partial charge in [-0.3, -0.25) is 4.79 Å². The minimum Gasteiger partial charge on any atom is -0.423 e. The average Bonchev–Trinajstić information content (AvgIpc) is 2.50. The predicted octanol–water partition coefficient (Wildman–Crippen LogP) is 0.690. The molecule has 1 fully saturated rings. The van der Waals surface area contributed by atoms with Gasteiger partial charge in [0.15, 0.2) is 0 Å². The lowest BCUT2D eigenvalue weighted by atomic mass is 9.95. The van der Waals surface area contributed by atoms with Crippen LogP contribution in [0.15, 0.2) is 27.4 Å². The summed E-state index contributed by atoms with van der Waals surface area (Å²) >= 11 is 0. The maximum absolute atomic E-state index is 11.8. The number of amides is 1. The fraction of sp³-hybridized carbons (Fsp3) is 0.444. The van der Waals surface area contributed by atoms with Gasteiger partial charge in [0, 0.05) is 35.8 Å². The summed E-state index contributed by atoms with van der Waals surface area (Å²) in [5, 5.41) is 1.01. The minimum atomic E-state index is -0.304. The summed E-state index contributed by atoms with van der Waals surface area (Å²) in [5.41, 5.74) is 9.07. The molecule has 0 radical (unpaired) electrons. The highest BCUT2D eigenvalue weighted by molar-refractivity contribution is 5.81. The number of benzene rings is 1. The van der Waals surface area contributed by atoms with Crippen LogP contribution in [0.3, 0.4) is 0 Å². The van der Waals surface area contributed by atoms with Gasteiger partial charge in [-0.1, -0.05) is 0 Å². The second-order valence-electron chi connectivity index (χ2n) is 6.63. The molecule has 5 nitrogen and oxygen atoms in total. The number of rotatable bonds is 3. The van der Waals surface area contributed by atoms with Crippen LogP contribution in [0.2, 0.25) is 0 Å². The van der Waals surface area contributed by atoms with E-state index in [-0.39, 0.29) is 17.5 Å². The van der Waals surface area contributed by atoms with E-state index in [9.17, 15) is 9.59 Å². The van der Waals surface area contributed by atoms with Crippen molar-refractivity contribution in [2.75, 3.05) is 13.1 Å². The van der Waals surface area contributed by atoms with Crippen LogP contribution in [-0.4, -0.2) is 19.0 Å². The average molecular weight is 315 g/mol. The molecule has 0 atom stereocenters. The Bertz CT molecular complexity index is 802. The highest BCUT2D eigenvalue weighted by Gasteiger charge is 2.26. The normalized spacial score (nSPS) is 21.5. The number of carbonyl (C=O) groups excluding carboxylic acids is 1. The summed E-state index contributed by atoms with van der Waals surface area (Å²) in [7, 11) is 0. The summed E-state index contributed by atoms with van der Waals surface area (Å²) in [5.74, 6) is -0.192. The van der Waals surface area contributed by atoms with Gasteiger partial charge in [0.1, 0.15) is 12.1 Å². The number of piperidine rings is 1. The first-order valence-electron chi connectivity index (χ1n) is 8.11. The molecule has 1 aliphatic heterocycles. The van der Waals surface area contributed by atoms with E-state index in [1.807, 2.05) is 13.0 Å². The lowest BCUT2D eigenvalue weighted by Crippen LogP contribution is -3.11. The Hall–Kier alpha value is -2.14. The minimum absolute atomic E-state index is 0.00114. The third-order valence-corrected chi connectivity index (χ3v) is 4.98. The Morgan fingerprint density at radius 3 is 2.52 bits per heavy atom. The van der Waals surface area contributed by atoms with E-state index in [0.29, 0.717) is 5.58 Å². The van der Waals surface area contributed by atoms with Crippen molar-refractivity contribution in [3.05, 3.63) is 45.3 Å². The number of hydrogen-bond acceptors (Lipinski definition) is 3. The third kappa shape index (κ3) is 3.29. The Balaban J connectivity index is 1.87. The molecule has 2 aromatic rings. The zero-order chi connectivity index (χ0) is 16.6. The van der Waals surface area contributed by atoms with E-state index in [2.05, 4.69) is 13.0 Å². The van der Waals surface area contributed by atoms with Crippen LogP contribution in [0.25, 0.3) is 11.0 Å². The molecular weight excluding hydrogens is 292 g/mol. The quantitative estimate of drug-likeness (QED) is 0.818. The predicted molar refractivity (Wildman–Crippen MR) is 88.3 cm³/mol. The number of carbonyl (C=O) groups is 1. The molecule has 3 rings (SSSR count). The largest absolute Gasteiger partial charge is 0.423 e. The van der Waals surface area contributed by atoms with Gasteiger partial charge in [0.05, 0.1) is 13.1 Å². The van der Waals surface area contributed by atoms with Gasteiger partial charge in [-0.05, 0) is 37.1 Å². The topological polar surface area (TPSA) is 77.7 Å². The van der Waals surface area contributed by atoms with Gasteiger partial charge in [0.2, 0.25) is 5.91 Å². The van der Waals surface area contributed by atoms with Crippen molar-refractivity contribution >= 4 is 16.9 Å². The van der Waals surface area contributed by atoms with Gasteiger partial charge in [-0.15, -0.1) is 0 Å². The molecule has 2 heterocycles. The first-order valence-corrected chi connectivity index (χ1v) is 8.11. The lowest BCUT2D eigenvalue weighted by molar-refractivity contribution is -0.919. The molecular formula is C18H23N2O3+. The summed E-state index contributed by atoms with van der Waals surface area (Å²) in [4.78, 5) is 24.5. The van der Waals surface area contributed by atoms with Crippen LogP contribution >= 0.6 is 0 Å². The molecule has 23 heavy (non-hydrogen) atoms.